The predicted molar refractivity (Wildman–Crippen MR) is 133 cm³/mol. The van der Waals surface area contributed by atoms with Gasteiger partial charge in [0.05, 0.1) is 0 Å². The molecule has 0 atom stereocenters. The van der Waals surface area contributed by atoms with Gasteiger partial charge in [-0.05, 0) is 110 Å². The van der Waals surface area contributed by atoms with E-state index in [0.29, 0.717) is 0 Å². The van der Waals surface area contributed by atoms with E-state index >= 15 is 0 Å². The van der Waals surface area contributed by atoms with Crippen LogP contribution in [0, 0.1) is 0 Å². The molecule has 1 saturated heterocycles. The second-order valence-corrected chi connectivity index (χ2v) is 6.36. The minimum atomic E-state index is 0. The van der Waals surface area contributed by atoms with Gasteiger partial charge in [-0.3, -0.25) is 0 Å². The fourth-order valence-electron chi connectivity index (χ4n) is 2.88. The second kappa shape index (κ2) is 31.9. The zero-order valence-electron chi connectivity index (χ0n) is 16.6. The van der Waals surface area contributed by atoms with Crippen LogP contribution in [0.4, 0.5) is 0 Å². The summed E-state index contributed by atoms with van der Waals surface area (Å²) >= 11 is 0. The van der Waals surface area contributed by atoms with Gasteiger partial charge < -0.3 is 26.6 Å². The van der Waals surface area contributed by atoms with Crippen LogP contribution < -0.4 is 21.7 Å². The Morgan fingerprint density at radius 1 is 0.667 bits per heavy atom. The van der Waals surface area contributed by atoms with E-state index in [1.807, 2.05) is 0 Å². The van der Waals surface area contributed by atoms with E-state index in [4.69, 9.17) is 5.73 Å². The molecule has 5 N–H and O–H groups in total. The Labute approximate surface area is 198 Å². The molecule has 1 fully saturated rings. The zero-order chi connectivity index (χ0) is 15.7. The monoisotopic (exact) mass is 493 g/mol. The van der Waals surface area contributed by atoms with Crippen molar-refractivity contribution in [2.75, 3.05) is 65.4 Å². The van der Waals surface area contributed by atoms with E-state index in [1.54, 1.807) is 0 Å². The lowest BCUT2D eigenvalue weighted by Crippen LogP contribution is -2.33. The highest BCUT2D eigenvalue weighted by atomic mass is 35.5. The summed E-state index contributed by atoms with van der Waals surface area (Å²) in [5.74, 6) is 0. The third-order valence-electron chi connectivity index (χ3n) is 4.25. The normalized spacial score (nSPS) is 15.9. The molecule has 0 aromatic carbocycles. The summed E-state index contributed by atoms with van der Waals surface area (Å²) in [6.45, 7) is 11.5. The van der Waals surface area contributed by atoms with Crippen LogP contribution in [-0.2, 0) is 0 Å². The van der Waals surface area contributed by atoms with Gasteiger partial charge in [0.15, 0.2) is 0 Å². The lowest BCUT2D eigenvalue weighted by atomic mass is 10.2. The van der Waals surface area contributed by atoms with E-state index in [9.17, 15) is 0 Å². The molecule has 0 amide bonds. The van der Waals surface area contributed by atoms with Crippen LogP contribution in [0.1, 0.15) is 44.9 Å². The molecule has 1 heterocycles. The van der Waals surface area contributed by atoms with Gasteiger partial charge in [0.25, 0.3) is 0 Å². The Balaban J connectivity index is -0.000000323. The van der Waals surface area contributed by atoms with Crippen LogP contribution in [-0.4, -0.2) is 70.3 Å². The highest BCUT2D eigenvalue weighted by Gasteiger charge is 2.05. The Kier molecular flexibility index (Phi) is 45.9. The van der Waals surface area contributed by atoms with Gasteiger partial charge in [0, 0.05) is 0 Å². The molecular formula is C17H44Cl5N5. The summed E-state index contributed by atoms with van der Waals surface area (Å²) in [6.07, 6.45) is 8.77. The first kappa shape index (κ1) is 38.8. The number of nitrogens with zero attached hydrogens (tertiary/aromatic N) is 1. The number of unbranched alkanes of at least 4 members (excludes halogenated alkanes) is 2. The molecule has 0 aromatic heterocycles. The molecule has 5 nitrogen and oxygen atoms in total. The SMILES string of the molecule is Cl.Cl.Cl.Cl.Cl.NCCCCNCCCCN1CCCNCCCNCCC1. The van der Waals surface area contributed by atoms with Crippen molar-refractivity contribution in [3.63, 3.8) is 0 Å². The minimum absolute atomic E-state index is 0. The second-order valence-electron chi connectivity index (χ2n) is 6.36. The van der Waals surface area contributed by atoms with E-state index in [0.717, 1.165) is 39.1 Å². The highest BCUT2D eigenvalue weighted by molar-refractivity contribution is 5.86. The van der Waals surface area contributed by atoms with Crippen LogP contribution in [0.3, 0.4) is 0 Å². The number of rotatable bonds is 9. The van der Waals surface area contributed by atoms with Crippen molar-refractivity contribution in [3.8, 4) is 0 Å². The van der Waals surface area contributed by atoms with E-state index in [2.05, 4.69) is 20.9 Å². The Morgan fingerprint density at radius 3 is 1.67 bits per heavy atom. The smallest absolute Gasteiger partial charge is 0.000663 e. The van der Waals surface area contributed by atoms with Crippen molar-refractivity contribution in [2.45, 2.75) is 44.9 Å². The van der Waals surface area contributed by atoms with Crippen molar-refractivity contribution >= 4 is 62.0 Å². The van der Waals surface area contributed by atoms with E-state index < -0.39 is 0 Å². The summed E-state index contributed by atoms with van der Waals surface area (Å²) in [7, 11) is 0. The molecule has 0 radical (unpaired) electrons. The molecule has 27 heavy (non-hydrogen) atoms. The van der Waals surface area contributed by atoms with Crippen LogP contribution in [0.25, 0.3) is 0 Å². The largest absolute Gasteiger partial charge is 0.330 e. The third-order valence-corrected chi connectivity index (χ3v) is 4.25. The summed E-state index contributed by atoms with van der Waals surface area (Å²) < 4.78 is 0. The molecule has 0 aromatic rings. The Bertz CT molecular complexity index is 232. The summed E-state index contributed by atoms with van der Waals surface area (Å²) in [4.78, 5) is 2.65. The van der Waals surface area contributed by atoms with Gasteiger partial charge in [-0.2, -0.15) is 0 Å². The fraction of sp³-hybridized carbons (Fsp3) is 1.00. The minimum Gasteiger partial charge on any atom is -0.330 e. The van der Waals surface area contributed by atoms with Crippen LogP contribution in [0.2, 0.25) is 0 Å². The van der Waals surface area contributed by atoms with Crippen molar-refractivity contribution < 1.29 is 0 Å². The average Bonchev–Trinajstić information content (AvgIpc) is 2.52. The molecule has 1 aliphatic heterocycles. The molecule has 172 valence electrons. The maximum Gasteiger partial charge on any atom is -0.000663 e. The Hall–Kier alpha value is 1.25. The molecule has 0 saturated carbocycles. The summed E-state index contributed by atoms with van der Waals surface area (Å²) in [5.41, 5.74) is 5.49. The van der Waals surface area contributed by atoms with Crippen molar-refractivity contribution in [3.05, 3.63) is 0 Å². The average molecular weight is 496 g/mol. The molecule has 10 heteroatoms. The lowest BCUT2D eigenvalue weighted by Gasteiger charge is -2.23. The fourth-order valence-corrected chi connectivity index (χ4v) is 2.88. The number of nitrogens with two attached hydrogens (primary N) is 1. The Morgan fingerprint density at radius 2 is 1.15 bits per heavy atom. The lowest BCUT2D eigenvalue weighted by molar-refractivity contribution is 0.257. The molecule has 0 bridgehead atoms. The zero-order valence-corrected chi connectivity index (χ0v) is 20.7. The quantitative estimate of drug-likeness (QED) is 0.371. The highest BCUT2D eigenvalue weighted by Crippen LogP contribution is 1.99. The van der Waals surface area contributed by atoms with Gasteiger partial charge in [-0.1, -0.05) is 0 Å². The summed E-state index contributed by atoms with van der Waals surface area (Å²) in [5, 5.41) is 10.6. The van der Waals surface area contributed by atoms with Gasteiger partial charge in [0.1, 0.15) is 0 Å². The maximum atomic E-state index is 5.49. The van der Waals surface area contributed by atoms with Crippen LogP contribution in [0.15, 0.2) is 0 Å². The van der Waals surface area contributed by atoms with Gasteiger partial charge >= 0.3 is 0 Å². The van der Waals surface area contributed by atoms with Crippen LogP contribution >= 0.6 is 62.0 Å². The topological polar surface area (TPSA) is 65.3 Å². The van der Waals surface area contributed by atoms with Crippen molar-refractivity contribution in [1.29, 1.82) is 0 Å². The van der Waals surface area contributed by atoms with Crippen molar-refractivity contribution in [2.24, 2.45) is 5.73 Å². The predicted octanol–water partition coefficient (Wildman–Crippen LogP) is 2.87. The summed E-state index contributed by atoms with van der Waals surface area (Å²) in [6, 6.07) is 0. The first-order valence-corrected chi connectivity index (χ1v) is 9.48. The molecule has 1 aliphatic rings. The first-order valence-electron chi connectivity index (χ1n) is 9.48. The third kappa shape index (κ3) is 27.2. The number of hydrogen-bond acceptors (Lipinski definition) is 5. The van der Waals surface area contributed by atoms with Gasteiger partial charge in [-0.15, -0.1) is 62.0 Å². The van der Waals surface area contributed by atoms with E-state index in [-0.39, 0.29) is 62.0 Å². The molecular weight excluding hydrogens is 451 g/mol. The van der Waals surface area contributed by atoms with E-state index in [1.165, 1.54) is 71.2 Å². The molecule has 0 aliphatic carbocycles. The van der Waals surface area contributed by atoms with Crippen molar-refractivity contribution in [1.82, 2.24) is 20.9 Å². The first-order chi connectivity index (χ1) is 10.9. The molecule has 1 rings (SSSR count). The number of halogens is 5. The number of hydrogen-bond donors (Lipinski definition) is 4. The molecule has 0 unspecified atom stereocenters. The maximum absolute atomic E-state index is 5.49. The molecule has 0 spiro atoms. The van der Waals surface area contributed by atoms with Gasteiger partial charge in [-0.25, -0.2) is 0 Å². The van der Waals surface area contributed by atoms with Gasteiger partial charge in [0.2, 0.25) is 0 Å². The number of nitrogens with one attached hydrogen (secondary N) is 3. The van der Waals surface area contributed by atoms with Crippen LogP contribution in [0.5, 0.6) is 0 Å². The standard InChI is InChI=1S/C17H39N5.5ClH/c18-8-1-2-9-19-10-3-4-15-22-16-6-13-20-11-5-12-21-14-7-17-22;;;;;/h19-21H,1-18H2;5*1H.